The van der Waals surface area contributed by atoms with E-state index in [1.165, 1.54) is 19.1 Å². The zero-order valence-corrected chi connectivity index (χ0v) is 13.7. The van der Waals surface area contributed by atoms with Gasteiger partial charge in [0.1, 0.15) is 5.60 Å². The zero-order chi connectivity index (χ0) is 16.1. The summed E-state index contributed by atoms with van der Waals surface area (Å²) in [6.45, 7) is 6.85. The van der Waals surface area contributed by atoms with E-state index in [0.29, 0.717) is 12.8 Å². The minimum atomic E-state index is -3.73. The van der Waals surface area contributed by atoms with E-state index in [9.17, 15) is 13.2 Å². The van der Waals surface area contributed by atoms with Crippen molar-refractivity contribution < 1.29 is 22.1 Å². The Hall–Kier alpha value is -1.40. The van der Waals surface area contributed by atoms with Gasteiger partial charge in [0.05, 0.1) is 11.5 Å². The molecule has 0 fully saturated rings. The highest BCUT2D eigenvalue weighted by Gasteiger charge is 2.21. The Morgan fingerprint density at radius 2 is 1.76 bits per heavy atom. The monoisotopic (exact) mass is 314 g/mol. The molecule has 0 heterocycles. The van der Waals surface area contributed by atoms with Gasteiger partial charge in [0.15, 0.2) is 0 Å². The molecule has 118 valence electrons. The van der Waals surface area contributed by atoms with E-state index in [1.54, 1.807) is 26.0 Å². The number of hydrogen-bond donors (Lipinski definition) is 0. The zero-order valence-electron chi connectivity index (χ0n) is 12.9. The molecule has 0 saturated heterocycles. The van der Waals surface area contributed by atoms with Crippen LogP contribution >= 0.6 is 0 Å². The van der Waals surface area contributed by atoms with Crippen molar-refractivity contribution in [2.24, 2.45) is 0 Å². The Balaban J connectivity index is 2.48. The molecule has 0 bridgehead atoms. The van der Waals surface area contributed by atoms with Gasteiger partial charge in [-0.2, -0.15) is 8.42 Å². The number of aryl methyl sites for hydroxylation is 1. The molecule has 0 unspecified atom stereocenters. The van der Waals surface area contributed by atoms with Crippen molar-refractivity contribution in [3.8, 4) is 0 Å². The molecule has 0 amide bonds. The molecule has 0 spiro atoms. The van der Waals surface area contributed by atoms with Crippen LogP contribution in [-0.2, 0) is 23.8 Å². The molecule has 6 heteroatoms. The highest BCUT2D eigenvalue weighted by atomic mass is 32.2. The molecule has 0 aromatic heterocycles. The van der Waals surface area contributed by atoms with Crippen molar-refractivity contribution in [3.05, 3.63) is 29.8 Å². The third-order valence-corrected chi connectivity index (χ3v) is 4.22. The van der Waals surface area contributed by atoms with Crippen molar-refractivity contribution in [2.45, 2.75) is 51.0 Å². The fraction of sp³-hybridized carbons (Fsp3) is 0.533. The Bertz CT molecular complexity index is 573. The van der Waals surface area contributed by atoms with E-state index in [0.717, 1.165) is 5.56 Å². The van der Waals surface area contributed by atoms with E-state index in [1.807, 2.05) is 6.92 Å². The maximum atomic E-state index is 11.9. The highest BCUT2D eigenvalue weighted by Crippen LogP contribution is 2.18. The Labute approximate surface area is 126 Å². The molecule has 1 aromatic carbocycles. The second-order valence-corrected chi connectivity index (χ2v) is 7.16. The normalized spacial score (nSPS) is 12.2. The van der Waals surface area contributed by atoms with Crippen molar-refractivity contribution in [3.63, 3.8) is 0 Å². The average molecular weight is 314 g/mol. The summed E-state index contributed by atoms with van der Waals surface area (Å²) in [5, 5.41) is 0. The second kappa shape index (κ2) is 7.04. The summed E-state index contributed by atoms with van der Waals surface area (Å²) in [5.74, 6) is -0.354. The van der Waals surface area contributed by atoms with Gasteiger partial charge in [-0.25, -0.2) is 0 Å². The molecule has 0 saturated carbocycles. The fourth-order valence-corrected chi connectivity index (χ4v) is 2.82. The summed E-state index contributed by atoms with van der Waals surface area (Å²) in [7, 11) is -3.73. The predicted octanol–water partition coefficient (Wildman–Crippen LogP) is 2.82. The van der Waals surface area contributed by atoms with E-state index in [-0.39, 0.29) is 17.5 Å². The van der Waals surface area contributed by atoms with E-state index in [2.05, 4.69) is 0 Å². The summed E-state index contributed by atoms with van der Waals surface area (Å²) in [6, 6.07) is 6.49. The summed E-state index contributed by atoms with van der Waals surface area (Å²) in [4.78, 5) is 11.1. The van der Waals surface area contributed by atoms with Crippen molar-refractivity contribution >= 4 is 16.1 Å². The van der Waals surface area contributed by atoms with Crippen LogP contribution in [0.4, 0.5) is 0 Å². The lowest BCUT2D eigenvalue weighted by atomic mass is 10.0. The molecule has 1 rings (SSSR count). The quantitative estimate of drug-likeness (QED) is 0.440. The van der Waals surface area contributed by atoms with Gasteiger partial charge in [-0.15, -0.1) is 0 Å². The number of benzene rings is 1. The van der Waals surface area contributed by atoms with Crippen LogP contribution in [0, 0.1) is 6.92 Å². The number of carbonyl (C=O) groups excluding carboxylic acids is 1. The Morgan fingerprint density at radius 1 is 1.19 bits per heavy atom. The minimum Gasteiger partial charge on any atom is -0.460 e. The van der Waals surface area contributed by atoms with E-state index < -0.39 is 15.7 Å². The van der Waals surface area contributed by atoms with Gasteiger partial charge in [-0.3, -0.25) is 8.98 Å². The van der Waals surface area contributed by atoms with Crippen molar-refractivity contribution in [1.29, 1.82) is 0 Å². The largest absolute Gasteiger partial charge is 0.460 e. The molecular formula is C15H22O5S. The van der Waals surface area contributed by atoms with Crippen LogP contribution in [0.15, 0.2) is 29.2 Å². The third-order valence-electron chi connectivity index (χ3n) is 2.89. The van der Waals surface area contributed by atoms with Gasteiger partial charge in [-0.05, 0) is 45.7 Å². The van der Waals surface area contributed by atoms with Crippen LogP contribution in [-0.4, -0.2) is 26.6 Å². The summed E-state index contributed by atoms with van der Waals surface area (Å²) in [6.07, 6.45) is 1.00. The van der Waals surface area contributed by atoms with Crippen LogP contribution in [0.1, 0.15) is 39.2 Å². The molecule has 0 aliphatic carbocycles. The fourth-order valence-electron chi connectivity index (χ4n) is 1.88. The molecule has 0 radical (unpaired) electrons. The molecule has 0 atom stereocenters. The van der Waals surface area contributed by atoms with E-state index in [4.69, 9.17) is 8.92 Å². The minimum absolute atomic E-state index is 0.0565. The number of carbonyl (C=O) groups is 1. The van der Waals surface area contributed by atoms with Gasteiger partial charge in [-0.1, -0.05) is 17.7 Å². The topological polar surface area (TPSA) is 69.7 Å². The van der Waals surface area contributed by atoms with Crippen LogP contribution in [0.5, 0.6) is 0 Å². The lowest BCUT2D eigenvalue weighted by Crippen LogP contribution is -2.27. The van der Waals surface area contributed by atoms with Gasteiger partial charge >= 0.3 is 5.97 Å². The van der Waals surface area contributed by atoms with Crippen LogP contribution < -0.4 is 0 Å². The molecule has 0 N–H and O–H groups in total. The lowest BCUT2D eigenvalue weighted by Gasteiger charge is -2.24. The summed E-state index contributed by atoms with van der Waals surface area (Å²) < 4.78 is 34.0. The molecule has 5 nitrogen and oxygen atoms in total. The Kier molecular flexibility index (Phi) is 5.92. The standard InChI is InChI=1S/C15H22O5S/c1-12-6-8-14(9-7-12)21(17,18)19-11-5-10-15(3,4)20-13(2)16/h6-9H,5,10-11H2,1-4H3. The SMILES string of the molecule is CC(=O)OC(C)(C)CCCOS(=O)(=O)c1ccc(C)cc1. The van der Waals surface area contributed by atoms with Gasteiger partial charge in [0, 0.05) is 6.92 Å². The Morgan fingerprint density at radius 3 is 2.29 bits per heavy atom. The average Bonchev–Trinajstić information content (AvgIpc) is 2.34. The maximum absolute atomic E-state index is 11.9. The molecule has 21 heavy (non-hydrogen) atoms. The maximum Gasteiger partial charge on any atom is 0.303 e. The van der Waals surface area contributed by atoms with Crippen LogP contribution in [0.3, 0.4) is 0 Å². The number of esters is 1. The number of rotatable bonds is 7. The first-order chi connectivity index (χ1) is 9.62. The lowest BCUT2D eigenvalue weighted by molar-refractivity contribution is -0.154. The highest BCUT2D eigenvalue weighted by molar-refractivity contribution is 7.86. The first kappa shape index (κ1) is 17.7. The molecule has 0 aliphatic rings. The van der Waals surface area contributed by atoms with Crippen LogP contribution in [0.25, 0.3) is 0 Å². The second-order valence-electron chi connectivity index (χ2n) is 5.55. The summed E-state index contributed by atoms with van der Waals surface area (Å²) >= 11 is 0. The van der Waals surface area contributed by atoms with E-state index >= 15 is 0 Å². The van der Waals surface area contributed by atoms with Crippen molar-refractivity contribution in [2.75, 3.05) is 6.61 Å². The summed E-state index contributed by atoms with van der Waals surface area (Å²) in [5.41, 5.74) is 0.361. The van der Waals surface area contributed by atoms with Gasteiger partial charge in [0.25, 0.3) is 10.1 Å². The first-order valence-corrected chi connectivity index (χ1v) is 8.19. The molecule has 1 aromatic rings. The van der Waals surface area contributed by atoms with Gasteiger partial charge in [0.2, 0.25) is 0 Å². The number of ether oxygens (including phenoxy) is 1. The third kappa shape index (κ3) is 6.27. The molecular weight excluding hydrogens is 292 g/mol. The van der Waals surface area contributed by atoms with Gasteiger partial charge < -0.3 is 4.74 Å². The first-order valence-electron chi connectivity index (χ1n) is 6.78. The molecule has 0 aliphatic heterocycles. The smallest absolute Gasteiger partial charge is 0.303 e. The number of hydrogen-bond acceptors (Lipinski definition) is 5. The van der Waals surface area contributed by atoms with Crippen molar-refractivity contribution in [1.82, 2.24) is 0 Å². The predicted molar refractivity (Wildman–Crippen MR) is 79.4 cm³/mol. The van der Waals surface area contributed by atoms with Crippen LogP contribution in [0.2, 0.25) is 0 Å².